The molecule has 6 heteroatoms. The summed E-state index contributed by atoms with van der Waals surface area (Å²) in [6.07, 6.45) is 2.18. The Kier molecular flexibility index (Phi) is 7.13. The van der Waals surface area contributed by atoms with Crippen molar-refractivity contribution in [2.45, 2.75) is 26.7 Å². The summed E-state index contributed by atoms with van der Waals surface area (Å²) < 4.78 is 24.5. The third kappa shape index (κ3) is 5.67. The fourth-order valence-electron chi connectivity index (χ4n) is 2.54. The Labute approximate surface area is 147 Å². The highest BCUT2D eigenvalue weighted by molar-refractivity contribution is 5.76. The molecule has 1 aromatic carbocycles. The highest BCUT2D eigenvalue weighted by atomic mass is 19.1. The van der Waals surface area contributed by atoms with E-state index in [4.69, 9.17) is 9.15 Å². The monoisotopic (exact) mass is 348 g/mol. The molecule has 0 aliphatic heterocycles. The molecule has 25 heavy (non-hydrogen) atoms. The topological polar surface area (TPSA) is 55.6 Å². The molecule has 2 rings (SSSR count). The van der Waals surface area contributed by atoms with Crippen molar-refractivity contribution in [1.29, 1.82) is 0 Å². The van der Waals surface area contributed by atoms with Gasteiger partial charge in [-0.1, -0.05) is 26.0 Å². The van der Waals surface area contributed by atoms with E-state index in [9.17, 15) is 9.18 Å². The minimum Gasteiger partial charge on any atom is -0.441 e. The Bertz CT molecular complexity index is 685. The van der Waals surface area contributed by atoms with Gasteiger partial charge in [-0.15, -0.1) is 0 Å². The zero-order valence-corrected chi connectivity index (χ0v) is 15.0. The quantitative estimate of drug-likeness (QED) is 0.695. The van der Waals surface area contributed by atoms with Crippen LogP contribution in [0.1, 0.15) is 26.2 Å². The van der Waals surface area contributed by atoms with E-state index in [1.807, 2.05) is 0 Å². The van der Waals surface area contributed by atoms with Gasteiger partial charge in [0.2, 0.25) is 5.91 Å². The van der Waals surface area contributed by atoms with Crippen LogP contribution in [0, 0.1) is 11.7 Å². The van der Waals surface area contributed by atoms with Crippen LogP contribution in [0.2, 0.25) is 0 Å². The first kappa shape index (κ1) is 19.1. The minimum atomic E-state index is -0.357. The molecule has 0 radical (unpaired) electrons. The van der Waals surface area contributed by atoms with Gasteiger partial charge in [-0.3, -0.25) is 4.79 Å². The number of rotatable bonds is 9. The van der Waals surface area contributed by atoms with Gasteiger partial charge in [0.1, 0.15) is 5.82 Å². The summed E-state index contributed by atoms with van der Waals surface area (Å²) in [5.74, 6) is 0.873. The van der Waals surface area contributed by atoms with Crippen LogP contribution in [-0.2, 0) is 16.0 Å². The van der Waals surface area contributed by atoms with Gasteiger partial charge in [-0.25, -0.2) is 9.37 Å². The molecule has 0 fully saturated rings. The van der Waals surface area contributed by atoms with E-state index in [-0.39, 0.29) is 11.7 Å². The normalized spacial score (nSPS) is 11.1. The number of carbonyl (C=O) groups is 1. The number of nitrogens with zero attached hydrogens (tertiary/aromatic N) is 2. The lowest BCUT2D eigenvalue weighted by atomic mass is 10.2. The Hall–Kier alpha value is -2.21. The molecule has 2 aromatic rings. The predicted octanol–water partition coefficient (Wildman–Crippen LogP) is 3.54. The van der Waals surface area contributed by atoms with Crippen molar-refractivity contribution in [1.82, 2.24) is 9.88 Å². The third-order valence-corrected chi connectivity index (χ3v) is 3.75. The number of amides is 1. The van der Waals surface area contributed by atoms with Crippen LogP contribution in [0.25, 0.3) is 11.3 Å². The van der Waals surface area contributed by atoms with Gasteiger partial charge in [0.15, 0.2) is 11.7 Å². The molecule has 0 unspecified atom stereocenters. The smallest absolute Gasteiger partial charge is 0.223 e. The lowest BCUT2D eigenvalue weighted by Gasteiger charge is -2.24. The zero-order valence-electron chi connectivity index (χ0n) is 15.0. The highest BCUT2D eigenvalue weighted by Gasteiger charge is 2.16. The van der Waals surface area contributed by atoms with E-state index < -0.39 is 0 Å². The van der Waals surface area contributed by atoms with Gasteiger partial charge in [-0.2, -0.15) is 0 Å². The van der Waals surface area contributed by atoms with Crippen molar-refractivity contribution in [3.8, 4) is 11.3 Å². The predicted molar refractivity (Wildman–Crippen MR) is 93.5 cm³/mol. The molecule has 0 aliphatic carbocycles. The number of ether oxygens (including phenoxy) is 1. The summed E-state index contributed by atoms with van der Waals surface area (Å²) >= 11 is 0. The van der Waals surface area contributed by atoms with Gasteiger partial charge >= 0.3 is 0 Å². The van der Waals surface area contributed by atoms with E-state index in [2.05, 4.69) is 18.8 Å². The maximum atomic E-state index is 13.8. The molecular weight excluding hydrogens is 323 g/mol. The number of oxazole rings is 1. The molecule has 0 N–H and O–H groups in total. The summed E-state index contributed by atoms with van der Waals surface area (Å²) in [6, 6.07) is 6.38. The van der Waals surface area contributed by atoms with Crippen LogP contribution in [0.3, 0.4) is 0 Å². The minimum absolute atomic E-state index is 0.0383. The van der Waals surface area contributed by atoms with E-state index in [1.54, 1.807) is 30.2 Å². The molecular formula is C19H25FN2O3. The van der Waals surface area contributed by atoms with Crippen LogP contribution in [0.15, 0.2) is 34.9 Å². The highest BCUT2D eigenvalue weighted by Crippen LogP contribution is 2.23. The molecule has 1 amide bonds. The van der Waals surface area contributed by atoms with E-state index >= 15 is 0 Å². The SMILES string of the molecule is COCCN(CC(C)C)C(=O)CCc1ncc(-c2ccccc2F)o1. The van der Waals surface area contributed by atoms with Gasteiger partial charge in [0.25, 0.3) is 0 Å². The van der Waals surface area contributed by atoms with Crippen LogP contribution in [0.4, 0.5) is 4.39 Å². The van der Waals surface area contributed by atoms with Gasteiger partial charge in [0.05, 0.1) is 18.4 Å². The standard InChI is InChI=1S/C19H25FN2O3/c1-14(2)13-22(10-11-24-3)19(23)9-8-18-21-12-17(25-18)15-6-4-5-7-16(15)20/h4-7,12,14H,8-11,13H2,1-3H3. The first-order valence-corrected chi connectivity index (χ1v) is 8.47. The number of hydrogen-bond acceptors (Lipinski definition) is 4. The second-order valence-electron chi connectivity index (χ2n) is 6.32. The van der Waals surface area contributed by atoms with Gasteiger partial charge < -0.3 is 14.1 Å². The van der Waals surface area contributed by atoms with E-state index in [0.717, 1.165) is 0 Å². The summed E-state index contributed by atoms with van der Waals surface area (Å²) in [5.41, 5.74) is 0.370. The summed E-state index contributed by atoms with van der Waals surface area (Å²) in [4.78, 5) is 18.4. The summed E-state index contributed by atoms with van der Waals surface area (Å²) in [5, 5.41) is 0. The summed E-state index contributed by atoms with van der Waals surface area (Å²) in [7, 11) is 1.62. The average Bonchev–Trinajstić information content (AvgIpc) is 3.05. The summed E-state index contributed by atoms with van der Waals surface area (Å²) in [6.45, 7) is 5.91. The molecule has 0 spiro atoms. The second-order valence-corrected chi connectivity index (χ2v) is 6.32. The maximum absolute atomic E-state index is 13.8. The fourth-order valence-corrected chi connectivity index (χ4v) is 2.54. The number of aryl methyl sites for hydroxylation is 1. The van der Waals surface area contributed by atoms with Gasteiger partial charge in [0, 0.05) is 33.0 Å². The van der Waals surface area contributed by atoms with Gasteiger partial charge in [-0.05, 0) is 18.1 Å². The molecule has 136 valence electrons. The first-order valence-electron chi connectivity index (χ1n) is 8.47. The zero-order chi connectivity index (χ0) is 18.2. The van der Waals surface area contributed by atoms with Crippen molar-refractivity contribution in [2.24, 2.45) is 5.92 Å². The number of methoxy groups -OCH3 is 1. The molecule has 1 heterocycles. The first-order chi connectivity index (χ1) is 12.0. The molecule has 5 nitrogen and oxygen atoms in total. The molecule has 0 saturated carbocycles. The number of halogens is 1. The fraction of sp³-hybridized carbons (Fsp3) is 0.474. The molecule has 0 atom stereocenters. The van der Waals surface area contributed by atoms with Crippen LogP contribution in [0.5, 0.6) is 0 Å². The number of aromatic nitrogens is 1. The average molecular weight is 348 g/mol. The van der Waals surface area contributed by atoms with Crippen molar-refractivity contribution in [2.75, 3.05) is 26.8 Å². The largest absolute Gasteiger partial charge is 0.441 e. The maximum Gasteiger partial charge on any atom is 0.223 e. The lowest BCUT2D eigenvalue weighted by Crippen LogP contribution is -2.36. The van der Waals surface area contributed by atoms with E-state index in [1.165, 1.54) is 12.3 Å². The van der Waals surface area contributed by atoms with Crippen LogP contribution in [-0.4, -0.2) is 42.6 Å². The van der Waals surface area contributed by atoms with Crippen molar-refractivity contribution in [3.05, 3.63) is 42.2 Å². The number of benzene rings is 1. The molecule has 0 aliphatic rings. The molecule has 1 aromatic heterocycles. The molecule has 0 saturated heterocycles. The van der Waals surface area contributed by atoms with Crippen molar-refractivity contribution in [3.63, 3.8) is 0 Å². The van der Waals surface area contributed by atoms with Crippen molar-refractivity contribution < 1.29 is 18.3 Å². The Balaban J connectivity index is 1.96. The number of carbonyl (C=O) groups excluding carboxylic acids is 1. The number of hydrogen-bond donors (Lipinski definition) is 0. The Morgan fingerprint density at radius 1 is 1.36 bits per heavy atom. The Morgan fingerprint density at radius 3 is 2.80 bits per heavy atom. The second kappa shape index (κ2) is 9.32. The van der Waals surface area contributed by atoms with Crippen LogP contribution >= 0.6 is 0 Å². The van der Waals surface area contributed by atoms with Crippen molar-refractivity contribution >= 4 is 5.91 Å². The molecule has 0 bridgehead atoms. The van der Waals surface area contributed by atoms with Crippen LogP contribution < -0.4 is 0 Å². The Morgan fingerprint density at radius 2 is 2.12 bits per heavy atom. The third-order valence-electron chi connectivity index (χ3n) is 3.75. The van der Waals surface area contributed by atoms with E-state index in [0.29, 0.717) is 55.7 Å². The lowest BCUT2D eigenvalue weighted by molar-refractivity contribution is -0.132.